The Bertz CT molecular complexity index is 517. The SMILES string of the molecule is Clc1ccn2cc(CC3CCSCC3)nc2c1. The number of fused-ring (bicyclic) bond motifs is 1. The van der Waals surface area contributed by atoms with Crippen LogP contribution < -0.4 is 0 Å². The maximum Gasteiger partial charge on any atom is 0.138 e. The molecule has 0 radical (unpaired) electrons. The molecule has 2 nitrogen and oxygen atoms in total. The lowest BCUT2D eigenvalue weighted by Gasteiger charge is -2.19. The number of rotatable bonds is 2. The largest absolute Gasteiger partial charge is 0.307 e. The van der Waals surface area contributed by atoms with Gasteiger partial charge in [0.15, 0.2) is 0 Å². The van der Waals surface area contributed by atoms with Gasteiger partial charge >= 0.3 is 0 Å². The van der Waals surface area contributed by atoms with Crippen molar-refractivity contribution in [2.75, 3.05) is 11.5 Å². The minimum atomic E-state index is 0.753. The molecule has 4 heteroatoms. The Morgan fingerprint density at radius 3 is 3.06 bits per heavy atom. The predicted octanol–water partition coefficient (Wildman–Crippen LogP) is 3.67. The average molecular weight is 267 g/mol. The fourth-order valence-electron chi connectivity index (χ4n) is 2.35. The molecule has 3 heterocycles. The minimum Gasteiger partial charge on any atom is -0.307 e. The fraction of sp³-hybridized carbons (Fsp3) is 0.462. The summed E-state index contributed by atoms with van der Waals surface area (Å²) in [5.41, 5.74) is 2.15. The smallest absolute Gasteiger partial charge is 0.138 e. The predicted molar refractivity (Wildman–Crippen MR) is 74.0 cm³/mol. The first-order valence-corrected chi connectivity index (χ1v) is 7.55. The lowest BCUT2D eigenvalue weighted by Crippen LogP contribution is -2.12. The van der Waals surface area contributed by atoms with Crippen LogP contribution in [0.5, 0.6) is 0 Å². The molecule has 3 rings (SSSR count). The maximum atomic E-state index is 5.96. The van der Waals surface area contributed by atoms with Crippen molar-refractivity contribution in [3.05, 3.63) is 35.2 Å². The number of aromatic nitrogens is 2. The third-order valence-electron chi connectivity index (χ3n) is 3.31. The summed E-state index contributed by atoms with van der Waals surface area (Å²) in [5, 5.41) is 0.753. The van der Waals surface area contributed by atoms with Crippen molar-refractivity contribution in [1.82, 2.24) is 9.38 Å². The number of halogens is 1. The third kappa shape index (κ3) is 2.61. The second-order valence-electron chi connectivity index (χ2n) is 4.60. The monoisotopic (exact) mass is 266 g/mol. The Balaban J connectivity index is 1.80. The fourth-order valence-corrected chi connectivity index (χ4v) is 3.71. The Kier molecular flexibility index (Phi) is 3.30. The van der Waals surface area contributed by atoms with Crippen molar-refractivity contribution >= 4 is 29.0 Å². The van der Waals surface area contributed by atoms with Gasteiger partial charge in [-0.25, -0.2) is 4.98 Å². The molecule has 1 aliphatic rings. The first-order valence-electron chi connectivity index (χ1n) is 6.02. The van der Waals surface area contributed by atoms with Crippen LogP contribution in [0.15, 0.2) is 24.5 Å². The van der Waals surface area contributed by atoms with Crippen LogP contribution in [-0.2, 0) is 6.42 Å². The van der Waals surface area contributed by atoms with Crippen LogP contribution in [0.1, 0.15) is 18.5 Å². The summed E-state index contributed by atoms with van der Waals surface area (Å²) in [5.74, 6) is 3.44. The summed E-state index contributed by atoms with van der Waals surface area (Å²) >= 11 is 8.04. The minimum absolute atomic E-state index is 0.753. The molecule has 1 saturated heterocycles. The van der Waals surface area contributed by atoms with E-state index in [0.717, 1.165) is 23.0 Å². The standard InChI is InChI=1S/C13H15ClN2S/c14-11-1-4-16-9-12(15-13(16)8-11)7-10-2-5-17-6-3-10/h1,4,8-10H,2-3,5-7H2. The van der Waals surface area contributed by atoms with Gasteiger partial charge in [0, 0.05) is 17.4 Å². The zero-order chi connectivity index (χ0) is 11.7. The van der Waals surface area contributed by atoms with Gasteiger partial charge in [-0.2, -0.15) is 11.8 Å². The third-order valence-corrected chi connectivity index (χ3v) is 4.59. The maximum absolute atomic E-state index is 5.96. The van der Waals surface area contributed by atoms with Crippen molar-refractivity contribution in [3.63, 3.8) is 0 Å². The van der Waals surface area contributed by atoms with Crippen molar-refractivity contribution in [2.45, 2.75) is 19.3 Å². The molecule has 17 heavy (non-hydrogen) atoms. The first kappa shape index (κ1) is 11.4. The van der Waals surface area contributed by atoms with Gasteiger partial charge in [-0.3, -0.25) is 0 Å². The Labute approximate surface area is 110 Å². The van der Waals surface area contributed by atoms with Gasteiger partial charge in [-0.05, 0) is 48.8 Å². The Morgan fingerprint density at radius 2 is 2.24 bits per heavy atom. The van der Waals surface area contributed by atoms with E-state index >= 15 is 0 Å². The highest BCUT2D eigenvalue weighted by molar-refractivity contribution is 7.99. The van der Waals surface area contributed by atoms with E-state index in [1.165, 1.54) is 30.0 Å². The summed E-state index contributed by atoms with van der Waals surface area (Å²) in [6.45, 7) is 0. The molecule has 2 aromatic rings. The van der Waals surface area contributed by atoms with E-state index in [1.54, 1.807) is 0 Å². The van der Waals surface area contributed by atoms with E-state index < -0.39 is 0 Å². The zero-order valence-electron chi connectivity index (χ0n) is 9.60. The van der Waals surface area contributed by atoms with Gasteiger partial charge in [0.25, 0.3) is 0 Å². The molecule has 0 spiro atoms. The molecular weight excluding hydrogens is 252 g/mol. The van der Waals surface area contributed by atoms with Crippen LogP contribution in [0, 0.1) is 5.92 Å². The number of hydrogen-bond acceptors (Lipinski definition) is 2. The van der Waals surface area contributed by atoms with Crippen LogP contribution in [-0.4, -0.2) is 20.9 Å². The number of imidazole rings is 1. The Morgan fingerprint density at radius 1 is 1.41 bits per heavy atom. The summed E-state index contributed by atoms with van der Waals surface area (Å²) < 4.78 is 2.05. The molecule has 0 amide bonds. The van der Waals surface area contributed by atoms with Crippen LogP contribution in [0.2, 0.25) is 5.02 Å². The molecule has 0 N–H and O–H groups in total. The number of hydrogen-bond donors (Lipinski definition) is 0. The number of pyridine rings is 1. The summed E-state index contributed by atoms with van der Waals surface area (Å²) in [6, 6.07) is 3.82. The lowest BCUT2D eigenvalue weighted by molar-refractivity contribution is 0.483. The second kappa shape index (κ2) is 4.91. The molecule has 0 atom stereocenters. The van der Waals surface area contributed by atoms with Gasteiger partial charge in [0.1, 0.15) is 5.65 Å². The van der Waals surface area contributed by atoms with Crippen molar-refractivity contribution in [2.24, 2.45) is 5.92 Å². The van der Waals surface area contributed by atoms with Gasteiger partial charge in [0.2, 0.25) is 0 Å². The van der Waals surface area contributed by atoms with Gasteiger partial charge in [-0.15, -0.1) is 0 Å². The molecule has 1 fully saturated rings. The lowest BCUT2D eigenvalue weighted by atomic mass is 9.97. The molecule has 2 aromatic heterocycles. The highest BCUT2D eigenvalue weighted by Gasteiger charge is 2.15. The van der Waals surface area contributed by atoms with Crippen molar-refractivity contribution < 1.29 is 0 Å². The van der Waals surface area contributed by atoms with Crippen LogP contribution in [0.4, 0.5) is 0 Å². The van der Waals surface area contributed by atoms with Gasteiger partial charge in [-0.1, -0.05) is 11.6 Å². The quantitative estimate of drug-likeness (QED) is 0.825. The highest BCUT2D eigenvalue weighted by Crippen LogP contribution is 2.25. The van der Waals surface area contributed by atoms with Gasteiger partial charge in [0.05, 0.1) is 5.69 Å². The molecule has 0 unspecified atom stereocenters. The number of thioether (sulfide) groups is 1. The molecule has 90 valence electrons. The van der Waals surface area contributed by atoms with E-state index in [4.69, 9.17) is 11.6 Å². The van der Waals surface area contributed by atoms with Crippen LogP contribution >= 0.6 is 23.4 Å². The number of nitrogens with zero attached hydrogens (tertiary/aromatic N) is 2. The van der Waals surface area contributed by atoms with Crippen LogP contribution in [0.25, 0.3) is 5.65 Å². The normalized spacial score (nSPS) is 17.7. The van der Waals surface area contributed by atoms with Crippen molar-refractivity contribution in [1.29, 1.82) is 0 Å². The second-order valence-corrected chi connectivity index (χ2v) is 6.26. The molecule has 0 saturated carbocycles. The summed E-state index contributed by atoms with van der Waals surface area (Å²) in [6.07, 6.45) is 7.89. The molecule has 1 aliphatic heterocycles. The van der Waals surface area contributed by atoms with E-state index in [0.29, 0.717) is 0 Å². The average Bonchev–Trinajstić information content (AvgIpc) is 2.71. The topological polar surface area (TPSA) is 17.3 Å². The molecule has 0 aliphatic carbocycles. The van der Waals surface area contributed by atoms with E-state index in [-0.39, 0.29) is 0 Å². The first-order chi connectivity index (χ1) is 8.31. The molecular formula is C13H15ClN2S. The Hall–Kier alpha value is -0.670. The summed E-state index contributed by atoms with van der Waals surface area (Å²) in [7, 11) is 0. The molecule has 0 aromatic carbocycles. The molecule has 0 bridgehead atoms. The highest BCUT2D eigenvalue weighted by atomic mass is 35.5. The van der Waals surface area contributed by atoms with E-state index in [9.17, 15) is 0 Å². The van der Waals surface area contributed by atoms with Crippen molar-refractivity contribution in [3.8, 4) is 0 Å². The van der Waals surface area contributed by atoms with E-state index in [1.807, 2.05) is 18.3 Å². The van der Waals surface area contributed by atoms with Gasteiger partial charge < -0.3 is 4.40 Å². The zero-order valence-corrected chi connectivity index (χ0v) is 11.2. The van der Waals surface area contributed by atoms with E-state index in [2.05, 4.69) is 27.3 Å². The van der Waals surface area contributed by atoms with Crippen LogP contribution in [0.3, 0.4) is 0 Å². The summed E-state index contributed by atoms with van der Waals surface area (Å²) in [4.78, 5) is 4.64.